The molecule has 9 nitrogen and oxygen atoms in total. The van der Waals surface area contributed by atoms with Gasteiger partial charge in [-0.1, -0.05) is 13.8 Å². The zero-order chi connectivity index (χ0) is 25.2. The molecule has 2 fully saturated rings. The van der Waals surface area contributed by atoms with Gasteiger partial charge in [-0.25, -0.2) is 17.8 Å². The maximum atomic E-state index is 13.2. The van der Waals surface area contributed by atoms with Crippen molar-refractivity contribution in [2.45, 2.75) is 56.8 Å². The average Bonchev–Trinajstić information content (AvgIpc) is 3.29. The minimum atomic E-state index is -3.65. The number of sulfonamides is 1. The average molecular weight is 506 g/mol. The van der Waals surface area contributed by atoms with Crippen LogP contribution >= 0.6 is 0 Å². The number of ether oxygens (including phenoxy) is 1. The number of nitrogens with zero attached hydrogens (tertiary/aromatic N) is 4. The first-order chi connectivity index (χ1) is 16.7. The molecular formula is C24H32FN5O4S. The molecule has 1 aromatic heterocycles. The number of piperidine rings is 1. The number of aldehydes is 1. The Balaban J connectivity index is 1.39. The van der Waals surface area contributed by atoms with E-state index in [1.807, 2.05) is 11.8 Å². The summed E-state index contributed by atoms with van der Waals surface area (Å²) >= 11 is 0. The van der Waals surface area contributed by atoms with Gasteiger partial charge < -0.3 is 15.0 Å². The van der Waals surface area contributed by atoms with E-state index >= 15 is 0 Å². The first-order valence-electron chi connectivity index (χ1n) is 11.9. The molecule has 3 atom stereocenters. The lowest BCUT2D eigenvalue weighted by Crippen LogP contribution is -2.42. The summed E-state index contributed by atoms with van der Waals surface area (Å²) in [4.78, 5) is 22.5. The van der Waals surface area contributed by atoms with Crippen molar-refractivity contribution in [3.05, 3.63) is 42.3 Å². The van der Waals surface area contributed by atoms with Crippen LogP contribution in [0, 0.1) is 17.7 Å². The number of halogens is 1. The molecule has 0 aliphatic carbocycles. The summed E-state index contributed by atoms with van der Waals surface area (Å²) in [7, 11) is -3.65. The Bertz CT molecular complexity index is 1120. The largest absolute Gasteiger partial charge is 0.351 e. The second-order valence-corrected chi connectivity index (χ2v) is 11.4. The second-order valence-electron chi connectivity index (χ2n) is 9.45. The van der Waals surface area contributed by atoms with Crippen LogP contribution in [0.15, 0.2) is 41.4 Å². The standard InChI is InChI=1S/C24H32FN5O4S/c1-16(2)21-15-34-23(14-31)30(21)22-8-11-26-24(28-22)27-17(3)18-9-12-29(13-10-18)35(32,33)20-6-4-19(25)5-7-20/h4-8,11,14,16-18,21,23H,9-10,12-13,15H2,1-3H3,(H,26,27,28)/t17-,21+,23?/m0/s1. The molecule has 0 saturated carbocycles. The molecule has 3 heterocycles. The lowest BCUT2D eigenvalue weighted by atomic mass is 9.91. The number of carbonyl (C=O) groups excluding carboxylic acids is 1. The first kappa shape index (κ1) is 25.5. The lowest BCUT2D eigenvalue weighted by molar-refractivity contribution is -0.115. The number of benzene rings is 1. The molecule has 1 unspecified atom stereocenters. The Hall–Kier alpha value is -2.63. The second kappa shape index (κ2) is 10.5. The van der Waals surface area contributed by atoms with Gasteiger partial charge in [0.25, 0.3) is 0 Å². The maximum Gasteiger partial charge on any atom is 0.243 e. The van der Waals surface area contributed by atoms with E-state index in [-0.39, 0.29) is 28.8 Å². The van der Waals surface area contributed by atoms with E-state index in [1.165, 1.54) is 16.4 Å². The Morgan fingerprint density at radius 1 is 1.14 bits per heavy atom. The molecule has 2 aromatic rings. The van der Waals surface area contributed by atoms with Gasteiger partial charge in [0, 0.05) is 25.3 Å². The van der Waals surface area contributed by atoms with E-state index in [2.05, 4.69) is 29.1 Å². The fourth-order valence-electron chi connectivity index (χ4n) is 4.72. The highest BCUT2D eigenvalue weighted by atomic mass is 32.2. The normalized spacial score (nSPS) is 22.9. The van der Waals surface area contributed by atoms with Crippen LogP contribution in [0.5, 0.6) is 0 Å². The van der Waals surface area contributed by atoms with Crippen molar-refractivity contribution < 1.29 is 22.3 Å². The molecule has 1 aromatic carbocycles. The van der Waals surface area contributed by atoms with E-state index in [9.17, 15) is 17.6 Å². The van der Waals surface area contributed by atoms with Gasteiger partial charge >= 0.3 is 0 Å². The summed E-state index contributed by atoms with van der Waals surface area (Å²) in [5, 5.41) is 3.36. The SMILES string of the molecule is CC(C)[C@H]1COC(C=O)N1c1ccnc(N[C@@H](C)C2CCN(S(=O)(=O)c3ccc(F)cc3)CC2)n1. The van der Waals surface area contributed by atoms with E-state index in [4.69, 9.17) is 4.74 Å². The van der Waals surface area contributed by atoms with Crippen LogP contribution in [0.25, 0.3) is 0 Å². The smallest absolute Gasteiger partial charge is 0.243 e. The van der Waals surface area contributed by atoms with Gasteiger partial charge in [0.15, 0.2) is 12.5 Å². The Kier molecular flexibility index (Phi) is 7.67. The monoisotopic (exact) mass is 505 g/mol. The highest BCUT2D eigenvalue weighted by Gasteiger charge is 2.37. The third-order valence-corrected chi connectivity index (χ3v) is 8.79. The quantitative estimate of drug-likeness (QED) is 0.546. The fourth-order valence-corrected chi connectivity index (χ4v) is 6.19. The number of hydrogen-bond donors (Lipinski definition) is 1. The Morgan fingerprint density at radius 2 is 1.83 bits per heavy atom. The summed E-state index contributed by atoms with van der Waals surface area (Å²) in [5.74, 6) is 1.12. The van der Waals surface area contributed by atoms with Crippen LogP contribution in [-0.2, 0) is 19.6 Å². The van der Waals surface area contributed by atoms with Crippen molar-refractivity contribution in [3.63, 3.8) is 0 Å². The van der Waals surface area contributed by atoms with Crippen molar-refractivity contribution in [1.29, 1.82) is 0 Å². The summed E-state index contributed by atoms with van der Waals surface area (Å²) in [6, 6.07) is 6.75. The number of hydrogen-bond acceptors (Lipinski definition) is 8. The number of nitrogens with one attached hydrogen (secondary N) is 1. The predicted octanol–water partition coefficient (Wildman–Crippen LogP) is 2.90. The Labute approximate surface area is 205 Å². The molecule has 0 radical (unpaired) electrons. The zero-order valence-electron chi connectivity index (χ0n) is 20.2. The zero-order valence-corrected chi connectivity index (χ0v) is 21.0. The first-order valence-corrected chi connectivity index (χ1v) is 13.3. The van der Waals surface area contributed by atoms with Crippen LogP contribution in [0.3, 0.4) is 0 Å². The molecule has 0 amide bonds. The van der Waals surface area contributed by atoms with Gasteiger partial charge in [-0.15, -0.1) is 0 Å². The summed E-state index contributed by atoms with van der Waals surface area (Å²) in [6.45, 7) is 7.44. The molecule has 2 aliphatic heterocycles. The fraction of sp³-hybridized carbons (Fsp3) is 0.542. The van der Waals surface area contributed by atoms with Crippen molar-refractivity contribution in [2.24, 2.45) is 11.8 Å². The number of rotatable bonds is 8. The number of carbonyl (C=O) groups is 1. The van der Waals surface area contributed by atoms with Crippen LogP contribution in [-0.4, -0.2) is 67.0 Å². The molecule has 0 bridgehead atoms. The molecule has 0 spiro atoms. The topological polar surface area (TPSA) is 105 Å². The highest BCUT2D eigenvalue weighted by molar-refractivity contribution is 7.89. The van der Waals surface area contributed by atoms with Crippen molar-refractivity contribution >= 4 is 28.1 Å². The molecule has 11 heteroatoms. The number of anilines is 2. The van der Waals surface area contributed by atoms with Gasteiger partial charge in [-0.2, -0.15) is 9.29 Å². The van der Waals surface area contributed by atoms with Crippen LogP contribution in [0.1, 0.15) is 33.6 Å². The molecule has 190 valence electrons. The van der Waals surface area contributed by atoms with E-state index in [0.717, 1.165) is 18.4 Å². The van der Waals surface area contributed by atoms with Gasteiger partial charge in [-0.05, 0) is 61.9 Å². The number of aromatic nitrogens is 2. The predicted molar refractivity (Wildman–Crippen MR) is 130 cm³/mol. The minimum absolute atomic E-state index is 0.0125. The van der Waals surface area contributed by atoms with Crippen molar-refractivity contribution in [1.82, 2.24) is 14.3 Å². The third kappa shape index (κ3) is 5.46. The van der Waals surface area contributed by atoms with Gasteiger partial charge in [0.05, 0.1) is 17.5 Å². The summed E-state index contributed by atoms with van der Waals surface area (Å²) in [6.07, 6.45) is 3.13. The van der Waals surface area contributed by atoms with E-state index in [0.29, 0.717) is 44.3 Å². The minimum Gasteiger partial charge on any atom is -0.351 e. The molecular weight excluding hydrogens is 473 g/mol. The lowest BCUT2D eigenvalue weighted by Gasteiger charge is -2.34. The Morgan fingerprint density at radius 3 is 2.46 bits per heavy atom. The van der Waals surface area contributed by atoms with Gasteiger partial charge in [0.1, 0.15) is 11.6 Å². The van der Waals surface area contributed by atoms with Crippen molar-refractivity contribution in [2.75, 3.05) is 29.9 Å². The van der Waals surface area contributed by atoms with E-state index in [1.54, 1.807) is 12.3 Å². The molecule has 2 saturated heterocycles. The van der Waals surface area contributed by atoms with Crippen LogP contribution < -0.4 is 10.2 Å². The van der Waals surface area contributed by atoms with Crippen LogP contribution in [0.2, 0.25) is 0 Å². The third-order valence-electron chi connectivity index (χ3n) is 6.87. The molecule has 1 N–H and O–H groups in total. The summed E-state index contributed by atoms with van der Waals surface area (Å²) < 4.78 is 46.1. The van der Waals surface area contributed by atoms with Crippen molar-refractivity contribution in [3.8, 4) is 0 Å². The molecule has 35 heavy (non-hydrogen) atoms. The van der Waals surface area contributed by atoms with Gasteiger partial charge in [0.2, 0.25) is 16.0 Å². The molecule has 2 aliphatic rings. The van der Waals surface area contributed by atoms with E-state index < -0.39 is 22.1 Å². The summed E-state index contributed by atoms with van der Waals surface area (Å²) in [5.41, 5.74) is 0. The van der Waals surface area contributed by atoms with Gasteiger partial charge in [-0.3, -0.25) is 4.79 Å². The molecule has 4 rings (SSSR count). The highest BCUT2D eigenvalue weighted by Crippen LogP contribution is 2.30. The van der Waals surface area contributed by atoms with Crippen LogP contribution in [0.4, 0.5) is 16.2 Å². The maximum absolute atomic E-state index is 13.2.